The summed E-state index contributed by atoms with van der Waals surface area (Å²) < 4.78 is 0. The molecule has 1 unspecified atom stereocenters. The van der Waals surface area contributed by atoms with Crippen LogP contribution < -0.4 is 0 Å². The lowest BCUT2D eigenvalue weighted by Gasteiger charge is -2.24. The first kappa shape index (κ1) is 15.9. The van der Waals surface area contributed by atoms with E-state index in [9.17, 15) is 4.79 Å². The third kappa shape index (κ3) is 4.26. The van der Waals surface area contributed by atoms with Crippen LogP contribution in [0.3, 0.4) is 0 Å². The number of carbonyl (C=O) groups is 1. The van der Waals surface area contributed by atoms with Crippen molar-refractivity contribution >= 4 is 29.0 Å². The van der Waals surface area contributed by atoms with Crippen molar-refractivity contribution in [1.29, 1.82) is 0 Å². The van der Waals surface area contributed by atoms with Gasteiger partial charge >= 0.3 is 0 Å². The summed E-state index contributed by atoms with van der Waals surface area (Å²) in [5, 5.41) is 0. The van der Waals surface area contributed by atoms with Crippen molar-refractivity contribution in [1.82, 2.24) is 4.90 Å². The Balaban J connectivity index is 1.85. The SMILES string of the molecule is Cc1ccc(C2CCCN2C(=O)CSCCC(C)C)s1. The summed E-state index contributed by atoms with van der Waals surface area (Å²) in [6.45, 7) is 7.54. The maximum Gasteiger partial charge on any atom is 0.233 e. The van der Waals surface area contributed by atoms with Gasteiger partial charge in [0, 0.05) is 16.3 Å². The Labute approximate surface area is 130 Å². The molecule has 2 heterocycles. The molecule has 0 aromatic carbocycles. The second-order valence-electron chi connectivity index (χ2n) is 5.93. The number of likely N-dealkylation sites (tertiary alicyclic amines) is 1. The number of aryl methyl sites for hydroxylation is 1. The zero-order chi connectivity index (χ0) is 14.5. The van der Waals surface area contributed by atoms with Crippen molar-refractivity contribution in [2.24, 2.45) is 5.92 Å². The number of hydrogen-bond acceptors (Lipinski definition) is 3. The van der Waals surface area contributed by atoms with E-state index in [0.717, 1.165) is 31.1 Å². The van der Waals surface area contributed by atoms with Crippen molar-refractivity contribution < 1.29 is 4.79 Å². The van der Waals surface area contributed by atoms with E-state index in [0.29, 0.717) is 17.7 Å². The quantitative estimate of drug-likeness (QED) is 0.721. The van der Waals surface area contributed by atoms with Crippen LogP contribution in [0, 0.1) is 12.8 Å². The van der Waals surface area contributed by atoms with Crippen LogP contribution >= 0.6 is 23.1 Å². The van der Waals surface area contributed by atoms with Gasteiger partial charge in [0.15, 0.2) is 0 Å². The Bertz CT molecular complexity index is 441. The fourth-order valence-electron chi connectivity index (χ4n) is 2.55. The first-order chi connectivity index (χ1) is 9.58. The number of thiophene rings is 1. The van der Waals surface area contributed by atoms with Crippen LogP contribution in [0.5, 0.6) is 0 Å². The van der Waals surface area contributed by atoms with E-state index < -0.39 is 0 Å². The summed E-state index contributed by atoms with van der Waals surface area (Å²) >= 11 is 3.63. The average molecular weight is 312 g/mol. The largest absolute Gasteiger partial charge is 0.334 e. The standard InChI is InChI=1S/C16H25NOS2/c1-12(2)8-10-19-11-16(18)17-9-4-5-14(17)15-7-6-13(3)20-15/h6-7,12,14H,4-5,8-11H2,1-3H3. The van der Waals surface area contributed by atoms with Crippen molar-refractivity contribution in [3.05, 3.63) is 21.9 Å². The minimum absolute atomic E-state index is 0.326. The minimum Gasteiger partial charge on any atom is -0.334 e. The molecule has 112 valence electrons. The van der Waals surface area contributed by atoms with Gasteiger partial charge in [-0.1, -0.05) is 13.8 Å². The van der Waals surface area contributed by atoms with E-state index >= 15 is 0 Å². The molecule has 2 nitrogen and oxygen atoms in total. The normalized spacial score (nSPS) is 19.0. The summed E-state index contributed by atoms with van der Waals surface area (Å²) in [4.78, 5) is 17.2. The first-order valence-electron chi connectivity index (χ1n) is 7.51. The van der Waals surface area contributed by atoms with E-state index in [1.165, 1.54) is 16.2 Å². The van der Waals surface area contributed by atoms with Gasteiger partial charge in [-0.2, -0.15) is 11.8 Å². The zero-order valence-electron chi connectivity index (χ0n) is 12.7. The van der Waals surface area contributed by atoms with Gasteiger partial charge in [-0.25, -0.2) is 0 Å². The van der Waals surface area contributed by atoms with Gasteiger partial charge in [0.25, 0.3) is 0 Å². The minimum atomic E-state index is 0.326. The molecule has 0 saturated carbocycles. The van der Waals surface area contributed by atoms with E-state index in [2.05, 4.69) is 37.8 Å². The van der Waals surface area contributed by atoms with Crippen molar-refractivity contribution in [2.45, 2.75) is 46.1 Å². The van der Waals surface area contributed by atoms with Crippen LogP contribution in [0.2, 0.25) is 0 Å². The van der Waals surface area contributed by atoms with Crippen LogP contribution in [-0.2, 0) is 4.79 Å². The van der Waals surface area contributed by atoms with Gasteiger partial charge in [-0.3, -0.25) is 4.79 Å². The predicted molar refractivity (Wildman–Crippen MR) is 89.5 cm³/mol. The van der Waals surface area contributed by atoms with Gasteiger partial charge < -0.3 is 4.90 Å². The Kier molecular flexibility index (Phi) is 5.97. The Morgan fingerprint density at radius 3 is 2.95 bits per heavy atom. The third-order valence-corrected chi connectivity index (χ3v) is 5.81. The summed E-state index contributed by atoms with van der Waals surface area (Å²) in [6, 6.07) is 4.70. The van der Waals surface area contributed by atoms with E-state index in [4.69, 9.17) is 0 Å². The predicted octanol–water partition coefficient (Wildman–Crippen LogP) is 4.50. The highest BCUT2D eigenvalue weighted by atomic mass is 32.2. The second kappa shape index (κ2) is 7.51. The molecule has 1 amide bonds. The van der Waals surface area contributed by atoms with Gasteiger partial charge in [-0.15, -0.1) is 11.3 Å². The molecule has 0 N–H and O–H groups in total. The van der Waals surface area contributed by atoms with Crippen molar-refractivity contribution in [3.8, 4) is 0 Å². The summed E-state index contributed by atoms with van der Waals surface area (Å²) in [7, 11) is 0. The number of hydrogen-bond donors (Lipinski definition) is 0. The number of carbonyl (C=O) groups excluding carboxylic acids is 1. The molecule has 1 aromatic rings. The van der Waals surface area contributed by atoms with E-state index in [1.807, 2.05) is 11.3 Å². The van der Waals surface area contributed by atoms with E-state index in [-0.39, 0.29) is 0 Å². The molecular formula is C16H25NOS2. The van der Waals surface area contributed by atoms with Gasteiger partial charge in [0.05, 0.1) is 11.8 Å². The lowest BCUT2D eigenvalue weighted by Crippen LogP contribution is -2.31. The highest BCUT2D eigenvalue weighted by Gasteiger charge is 2.30. The van der Waals surface area contributed by atoms with Crippen molar-refractivity contribution in [2.75, 3.05) is 18.1 Å². The fourth-order valence-corrected chi connectivity index (χ4v) is 4.70. The first-order valence-corrected chi connectivity index (χ1v) is 9.48. The van der Waals surface area contributed by atoms with Crippen LogP contribution in [0.1, 0.15) is 48.9 Å². The lowest BCUT2D eigenvalue weighted by atomic mass is 10.2. The molecule has 1 aromatic heterocycles. The number of nitrogens with zero attached hydrogens (tertiary/aromatic N) is 1. The number of amides is 1. The zero-order valence-corrected chi connectivity index (χ0v) is 14.4. The maximum atomic E-state index is 12.4. The van der Waals surface area contributed by atoms with Crippen LogP contribution in [-0.4, -0.2) is 28.9 Å². The Morgan fingerprint density at radius 2 is 2.30 bits per heavy atom. The molecule has 0 spiro atoms. The molecule has 2 rings (SSSR count). The topological polar surface area (TPSA) is 20.3 Å². The molecule has 1 atom stereocenters. The van der Waals surface area contributed by atoms with Gasteiger partial charge in [-0.05, 0) is 50.0 Å². The molecule has 1 aliphatic heterocycles. The number of thioether (sulfide) groups is 1. The highest BCUT2D eigenvalue weighted by Crippen LogP contribution is 2.36. The Hall–Kier alpha value is -0.480. The molecule has 1 aliphatic rings. The smallest absolute Gasteiger partial charge is 0.233 e. The lowest BCUT2D eigenvalue weighted by molar-refractivity contribution is -0.129. The summed E-state index contributed by atoms with van der Waals surface area (Å²) in [6.07, 6.45) is 3.47. The molecule has 0 bridgehead atoms. The molecule has 0 radical (unpaired) electrons. The van der Waals surface area contributed by atoms with Gasteiger partial charge in [0.2, 0.25) is 5.91 Å². The summed E-state index contributed by atoms with van der Waals surface area (Å²) in [5.41, 5.74) is 0. The van der Waals surface area contributed by atoms with Crippen LogP contribution in [0.4, 0.5) is 0 Å². The molecule has 20 heavy (non-hydrogen) atoms. The van der Waals surface area contributed by atoms with E-state index in [1.54, 1.807) is 11.8 Å². The molecule has 1 saturated heterocycles. The molecule has 1 fully saturated rings. The van der Waals surface area contributed by atoms with Crippen LogP contribution in [0.25, 0.3) is 0 Å². The summed E-state index contributed by atoms with van der Waals surface area (Å²) in [5.74, 6) is 2.80. The molecule has 0 aliphatic carbocycles. The maximum absolute atomic E-state index is 12.4. The Morgan fingerprint density at radius 1 is 1.50 bits per heavy atom. The fraction of sp³-hybridized carbons (Fsp3) is 0.688. The van der Waals surface area contributed by atoms with Crippen LogP contribution in [0.15, 0.2) is 12.1 Å². The molecular weight excluding hydrogens is 286 g/mol. The van der Waals surface area contributed by atoms with Crippen molar-refractivity contribution in [3.63, 3.8) is 0 Å². The molecule has 4 heteroatoms. The van der Waals surface area contributed by atoms with Gasteiger partial charge in [0.1, 0.15) is 0 Å². The average Bonchev–Trinajstić information content (AvgIpc) is 3.02. The highest BCUT2D eigenvalue weighted by molar-refractivity contribution is 7.99. The second-order valence-corrected chi connectivity index (χ2v) is 8.35. The third-order valence-electron chi connectivity index (χ3n) is 3.73. The monoisotopic (exact) mass is 311 g/mol. The number of rotatable bonds is 6.